The van der Waals surface area contributed by atoms with E-state index in [2.05, 4.69) is 0 Å². The number of halogens is 1. The van der Waals surface area contributed by atoms with Crippen molar-refractivity contribution >= 4 is 5.97 Å². The Morgan fingerprint density at radius 1 is 1.31 bits per heavy atom. The lowest BCUT2D eigenvalue weighted by atomic mass is 10.1. The number of aromatic carboxylic acids is 1. The lowest BCUT2D eigenvalue weighted by molar-refractivity contribution is 0.0697. The largest absolute Gasteiger partial charge is 0.478 e. The zero-order valence-electron chi connectivity index (χ0n) is 6.96. The van der Waals surface area contributed by atoms with E-state index in [0.29, 0.717) is 18.4 Å². The molecule has 2 rings (SSSR count). The molecule has 1 saturated carbocycles. The molecular weight excluding hydrogens is 171 g/mol. The second-order valence-corrected chi connectivity index (χ2v) is 3.35. The molecule has 0 saturated heterocycles. The van der Waals surface area contributed by atoms with Crippen molar-refractivity contribution in [2.24, 2.45) is 0 Å². The van der Waals surface area contributed by atoms with Crippen LogP contribution >= 0.6 is 0 Å². The van der Waals surface area contributed by atoms with Crippen LogP contribution in [0.15, 0.2) is 24.3 Å². The minimum absolute atomic E-state index is 0.202. The molecule has 1 aromatic rings. The van der Waals surface area contributed by atoms with Crippen LogP contribution < -0.4 is 0 Å². The molecule has 13 heavy (non-hydrogen) atoms. The number of hydrogen-bond donors (Lipinski definition) is 1. The Labute approximate surface area is 75.0 Å². The normalized spacial score (nSPS) is 18.2. The average molecular weight is 180 g/mol. The van der Waals surface area contributed by atoms with E-state index in [0.717, 1.165) is 0 Å². The standard InChI is InChI=1S/C10H9FO2/c11-10(5-6-10)8-3-1-7(2-4-8)9(12)13/h1-4H,5-6H2,(H,12,13). The highest BCUT2D eigenvalue weighted by molar-refractivity contribution is 5.87. The molecule has 1 aliphatic carbocycles. The van der Waals surface area contributed by atoms with Crippen molar-refractivity contribution in [2.75, 3.05) is 0 Å². The summed E-state index contributed by atoms with van der Waals surface area (Å²) in [7, 11) is 0. The number of alkyl halides is 1. The highest BCUT2D eigenvalue weighted by Gasteiger charge is 2.44. The molecule has 1 aliphatic rings. The zero-order chi connectivity index (χ0) is 9.47. The van der Waals surface area contributed by atoms with Crippen LogP contribution in [0.1, 0.15) is 28.8 Å². The summed E-state index contributed by atoms with van der Waals surface area (Å²) in [6.07, 6.45) is 1.11. The number of carboxylic acid groups (broad SMARTS) is 1. The Bertz CT molecular complexity index is 338. The van der Waals surface area contributed by atoms with Crippen LogP contribution in [0.2, 0.25) is 0 Å². The number of hydrogen-bond acceptors (Lipinski definition) is 1. The Balaban J connectivity index is 2.28. The van der Waals surface area contributed by atoms with Crippen molar-refractivity contribution in [2.45, 2.75) is 18.5 Å². The molecule has 1 aromatic carbocycles. The minimum atomic E-state index is -1.17. The van der Waals surface area contributed by atoms with E-state index in [9.17, 15) is 9.18 Å². The van der Waals surface area contributed by atoms with Gasteiger partial charge in [-0.05, 0) is 30.5 Å². The molecule has 2 nitrogen and oxygen atoms in total. The average Bonchev–Trinajstić information content (AvgIpc) is 2.85. The van der Waals surface area contributed by atoms with E-state index in [1.165, 1.54) is 12.1 Å². The summed E-state index contributed by atoms with van der Waals surface area (Å²) >= 11 is 0. The first-order chi connectivity index (χ1) is 6.12. The van der Waals surface area contributed by atoms with Crippen molar-refractivity contribution in [1.29, 1.82) is 0 Å². The molecule has 0 aromatic heterocycles. The molecule has 0 amide bonds. The van der Waals surface area contributed by atoms with Gasteiger partial charge in [0.05, 0.1) is 5.56 Å². The Kier molecular flexibility index (Phi) is 1.62. The molecule has 0 atom stereocenters. The summed E-state index contributed by atoms with van der Waals surface area (Å²) in [6.45, 7) is 0. The van der Waals surface area contributed by atoms with Crippen molar-refractivity contribution in [3.05, 3.63) is 35.4 Å². The lowest BCUT2D eigenvalue weighted by Gasteiger charge is -2.04. The Hall–Kier alpha value is -1.38. The molecule has 0 spiro atoms. The summed E-state index contributed by atoms with van der Waals surface area (Å²) in [5, 5.41) is 8.60. The van der Waals surface area contributed by atoms with Gasteiger partial charge in [0.15, 0.2) is 0 Å². The molecular formula is C10H9FO2. The van der Waals surface area contributed by atoms with Gasteiger partial charge in [-0.1, -0.05) is 12.1 Å². The van der Waals surface area contributed by atoms with Gasteiger partial charge in [0, 0.05) is 0 Å². The van der Waals surface area contributed by atoms with Crippen LogP contribution in [0.5, 0.6) is 0 Å². The predicted molar refractivity (Wildman–Crippen MR) is 45.4 cm³/mol. The number of rotatable bonds is 2. The van der Waals surface area contributed by atoms with Gasteiger partial charge in [-0.3, -0.25) is 0 Å². The van der Waals surface area contributed by atoms with Crippen molar-refractivity contribution in [1.82, 2.24) is 0 Å². The van der Waals surface area contributed by atoms with Crippen LogP contribution in [-0.4, -0.2) is 11.1 Å². The van der Waals surface area contributed by atoms with Crippen molar-refractivity contribution in [3.8, 4) is 0 Å². The van der Waals surface area contributed by atoms with E-state index in [1.807, 2.05) is 0 Å². The van der Waals surface area contributed by atoms with Crippen LogP contribution in [-0.2, 0) is 5.67 Å². The second kappa shape index (κ2) is 2.55. The zero-order valence-corrected chi connectivity index (χ0v) is 6.96. The maximum Gasteiger partial charge on any atom is 0.335 e. The number of carbonyl (C=O) groups is 1. The van der Waals surface area contributed by atoms with E-state index in [-0.39, 0.29) is 5.56 Å². The summed E-state index contributed by atoms with van der Waals surface area (Å²) in [5.41, 5.74) is -0.373. The molecule has 68 valence electrons. The van der Waals surface area contributed by atoms with Crippen LogP contribution in [0, 0.1) is 0 Å². The fraction of sp³-hybridized carbons (Fsp3) is 0.300. The van der Waals surface area contributed by atoms with Crippen LogP contribution in [0.3, 0.4) is 0 Å². The van der Waals surface area contributed by atoms with E-state index in [4.69, 9.17) is 5.11 Å². The van der Waals surface area contributed by atoms with E-state index >= 15 is 0 Å². The number of carboxylic acids is 1. The van der Waals surface area contributed by atoms with Crippen molar-refractivity contribution < 1.29 is 14.3 Å². The number of benzene rings is 1. The van der Waals surface area contributed by atoms with Gasteiger partial charge in [0.1, 0.15) is 5.67 Å². The summed E-state index contributed by atoms with van der Waals surface area (Å²) < 4.78 is 13.4. The van der Waals surface area contributed by atoms with Gasteiger partial charge >= 0.3 is 5.97 Å². The maximum atomic E-state index is 13.4. The van der Waals surface area contributed by atoms with E-state index < -0.39 is 11.6 Å². The third-order valence-corrected chi connectivity index (χ3v) is 2.34. The molecule has 1 fully saturated rings. The molecule has 0 aliphatic heterocycles. The summed E-state index contributed by atoms with van der Waals surface area (Å²) in [4.78, 5) is 10.5. The maximum absolute atomic E-state index is 13.4. The summed E-state index contributed by atoms with van der Waals surface area (Å²) in [6, 6.07) is 5.99. The van der Waals surface area contributed by atoms with Gasteiger partial charge < -0.3 is 5.11 Å². The van der Waals surface area contributed by atoms with Gasteiger partial charge in [0.2, 0.25) is 0 Å². The molecule has 0 radical (unpaired) electrons. The lowest BCUT2D eigenvalue weighted by Crippen LogP contribution is -2.00. The molecule has 0 heterocycles. The van der Waals surface area contributed by atoms with Gasteiger partial charge in [-0.15, -0.1) is 0 Å². The third kappa shape index (κ3) is 1.41. The Morgan fingerprint density at radius 3 is 2.23 bits per heavy atom. The SMILES string of the molecule is O=C(O)c1ccc(C2(F)CC2)cc1. The quantitative estimate of drug-likeness (QED) is 0.758. The predicted octanol–water partition coefficient (Wildman–Crippen LogP) is 2.34. The fourth-order valence-corrected chi connectivity index (χ4v) is 1.31. The topological polar surface area (TPSA) is 37.3 Å². The van der Waals surface area contributed by atoms with Gasteiger partial charge in [-0.2, -0.15) is 0 Å². The van der Waals surface area contributed by atoms with Crippen LogP contribution in [0.4, 0.5) is 4.39 Å². The van der Waals surface area contributed by atoms with Gasteiger partial charge in [0.25, 0.3) is 0 Å². The first kappa shape index (κ1) is 8.23. The first-order valence-corrected chi connectivity index (χ1v) is 4.15. The molecule has 0 bridgehead atoms. The fourth-order valence-electron chi connectivity index (χ4n) is 1.31. The smallest absolute Gasteiger partial charge is 0.335 e. The summed E-state index contributed by atoms with van der Waals surface area (Å²) in [5.74, 6) is -0.977. The van der Waals surface area contributed by atoms with E-state index in [1.54, 1.807) is 12.1 Å². The monoisotopic (exact) mass is 180 g/mol. The Morgan fingerprint density at radius 2 is 1.85 bits per heavy atom. The molecule has 1 N–H and O–H groups in total. The molecule has 0 unspecified atom stereocenters. The third-order valence-electron chi connectivity index (χ3n) is 2.34. The molecule has 3 heteroatoms. The van der Waals surface area contributed by atoms with Crippen molar-refractivity contribution in [3.63, 3.8) is 0 Å². The highest BCUT2D eigenvalue weighted by Crippen LogP contribution is 2.49. The second-order valence-electron chi connectivity index (χ2n) is 3.35. The van der Waals surface area contributed by atoms with Gasteiger partial charge in [-0.25, -0.2) is 9.18 Å². The van der Waals surface area contributed by atoms with Crippen LogP contribution in [0.25, 0.3) is 0 Å². The minimum Gasteiger partial charge on any atom is -0.478 e. The first-order valence-electron chi connectivity index (χ1n) is 4.15. The highest BCUT2D eigenvalue weighted by atomic mass is 19.1.